The van der Waals surface area contributed by atoms with Gasteiger partial charge in [0.1, 0.15) is 115 Å². The van der Waals surface area contributed by atoms with Crippen LogP contribution in [0.3, 0.4) is 0 Å². The molecular weight excluding hydrogens is 1730 g/mol. The van der Waals surface area contributed by atoms with Crippen molar-refractivity contribution in [2.75, 3.05) is 0 Å². The van der Waals surface area contributed by atoms with Crippen LogP contribution in [-0.2, 0) is 55.3 Å². The molecule has 14 nitrogen and oxygen atoms in total. The molecule has 0 atom stereocenters. The summed E-state index contributed by atoms with van der Waals surface area (Å²) in [7, 11) is 8.48. The van der Waals surface area contributed by atoms with Crippen molar-refractivity contribution in [2.45, 2.75) is 261 Å². The highest BCUT2D eigenvalue weighted by molar-refractivity contribution is 5.90. The summed E-state index contributed by atoms with van der Waals surface area (Å²) in [5.74, 6) is 7.23. The van der Waals surface area contributed by atoms with Gasteiger partial charge in [-0.3, -0.25) is 0 Å². The van der Waals surface area contributed by atoms with Crippen molar-refractivity contribution in [3.8, 4) is 45.3 Å². The van der Waals surface area contributed by atoms with Gasteiger partial charge >= 0.3 is 23.1 Å². The third-order valence-corrected chi connectivity index (χ3v) is 28.6. The molecule has 0 unspecified atom stereocenters. The largest absolute Gasteiger partial charge is 0.375 e. The molecular formula is C128H161N14+5. The summed E-state index contributed by atoms with van der Waals surface area (Å²) in [6.07, 6.45) is 16.9. The molecule has 21 aromatic rings. The lowest BCUT2D eigenvalue weighted by atomic mass is 9.78. The van der Waals surface area contributed by atoms with Gasteiger partial charge in [-0.2, -0.15) is 31.5 Å². The van der Waals surface area contributed by atoms with E-state index in [2.05, 4.69) is 577 Å². The van der Waals surface area contributed by atoms with Crippen LogP contribution in [0.15, 0.2) is 298 Å². The first-order valence-electron chi connectivity index (χ1n) is 49.6. The van der Waals surface area contributed by atoms with E-state index in [9.17, 15) is 0 Å². The Hall–Kier alpha value is -13.9. The average molecular weight is 1900 g/mol. The summed E-state index contributed by atoms with van der Waals surface area (Å²) in [4.78, 5) is 0. The van der Waals surface area contributed by atoms with Gasteiger partial charge in [0.25, 0.3) is 5.82 Å². The van der Waals surface area contributed by atoms with Gasteiger partial charge in [0, 0.05) is 12.5 Å². The SMILES string of the molecule is C.C.C.C.Cc1c(-[n+]2c(C)n(-c3ccccc3)c3ccccc32)cc(-c2c(C(C)C)cc(C(C)C)cc2C(C)C)cc1C(C)(C)C.Cc1c(-n2c3ccccc3n3c4ccccc4[n+](C)c23)cccc1C(C)(C)C.Cc1c(-n2c3ccccc3n3cc[n+](C)c23)cccc1C(C)(C)C.Cc1c(-n2ccn3c4ccccc4[n+](C)c23)cccc1C(C)(C)C.Cc1c(-n2ccn3cc[n+](C)c23)cccc1C(C)(C)C. The summed E-state index contributed by atoms with van der Waals surface area (Å²) >= 11 is 0. The van der Waals surface area contributed by atoms with E-state index in [1.165, 1.54) is 202 Å². The van der Waals surface area contributed by atoms with E-state index >= 15 is 0 Å². The molecule has 14 heteroatoms. The predicted molar refractivity (Wildman–Crippen MR) is 603 cm³/mol. The van der Waals surface area contributed by atoms with Gasteiger partial charge in [-0.15, -0.1) is 0 Å². The Morgan fingerprint density at radius 2 is 0.662 bits per heavy atom. The first-order valence-corrected chi connectivity index (χ1v) is 49.6. The van der Waals surface area contributed by atoms with Crippen LogP contribution in [0.1, 0.15) is 271 Å². The minimum atomic E-state index is -0.00499. The van der Waals surface area contributed by atoms with Crippen molar-refractivity contribution in [1.29, 1.82) is 0 Å². The molecule has 0 aliphatic heterocycles. The second kappa shape index (κ2) is 40.3. The van der Waals surface area contributed by atoms with Gasteiger partial charge in [0.2, 0.25) is 0 Å². The van der Waals surface area contributed by atoms with Gasteiger partial charge in [-0.05, 0) is 260 Å². The van der Waals surface area contributed by atoms with Crippen molar-refractivity contribution < 1.29 is 22.8 Å². The Kier molecular flexibility index (Phi) is 29.9. The quantitative estimate of drug-likeness (QED) is 0.123. The van der Waals surface area contributed by atoms with Gasteiger partial charge in [0.15, 0.2) is 11.0 Å². The van der Waals surface area contributed by atoms with Crippen LogP contribution >= 0.6 is 0 Å². The number of benzene rings is 12. The average Bonchev–Trinajstić information content (AvgIpc) is 1.54. The number of nitrogens with zero attached hydrogens (tertiary/aromatic N) is 14. The number of hydrogen-bond acceptors (Lipinski definition) is 0. The minimum Gasteiger partial charge on any atom is -0.237 e. The molecule has 0 saturated heterocycles. The van der Waals surface area contributed by atoms with Crippen molar-refractivity contribution >= 4 is 78.3 Å². The predicted octanol–water partition coefficient (Wildman–Crippen LogP) is 30.7. The summed E-state index contributed by atoms with van der Waals surface area (Å²) in [5.41, 5.74) is 41.1. The number of imidazole rings is 9. The van der Waals surface area contributed by atoms with Crippen molar-refractivity contribution in [1.82, 2.24) is 40.4 Å². The second-order valence-electron chi connectivity index (χ2n) is 44.4. The zero-order chi connectivity index (χ0) is 98.7. The van der Waals surface area contributed by atoms with E-state index in [0.29, 0.717) is 17.8 Å². The van der Waals surface area contributed by atoms with E-state index in [1.54, 1.807) is 0 Å². The van der Waals surface area contributed by atoms with Crippen molar-refractivity contribution in [3.05, 3.63) is 376 Å². The van der Waals surface area contributed by atoms with Gasteiger partial charge < -0.3 is 0 Å². The number of para-hydroxylation sites is 11. The topological polar surface area (TPSA) is 61.7 Å². The Labute approximate surface area is 847 Å². The Morgan fingerprint density at radius 3 is 1.15 bits per heavy atom. The fraction of sp³-hybridized carbons (Fsp3) is 0.336. The van der Waals surface area contributed by atoms with Crippen LogP contribution in [0.25, 0.3) is 124 Å². The molecule has 142 heavy (non-hydrogen) atoms. The smallest absolute Gasteiger partial charge is 0.237 e. The Bertz CT molecular complexity index is 8150. The third-order valence-electron chi connectivity index (χ3n) is 28.6. The maximum Gasteiger partial charge on any atom is 0.375 e. The molecule has 9 aromatic heterocycles. The van der Waals surface area contributed by atoms with Crippen LogP contribution in [0, 0.1) is 41.5 Å². The van der Waals surface area contributed by atoms with E-state index in [4.69, 9.17) is 0 Å². The minimum absolute atomic E-state index is 0. The molecule has 0 fully saturated rings. The molecule has 0 aliphatic carbocycles. The van der Waals surface area contributed by atoms with E-state index in [0.717, 1.165) is 0 Å². The molecule has 0 saturated carbocycles. The zero-order valence-corrected chi connectivity index (χ0v) is 87.8. The first kappa shape index (κ1) is 105. The molecule has 0 aliphatic rings. The van der Waals surface area contributed by atoms with E-state index < -0.39 is 0 Å². The summed E-state index contributed by atoms with van der Waals surface area (Å²) < 4.78 is 32.2. The van der Waals surface area contributed by atoms with E-state index in [-0.39, 0.29) is 56.8 Å². The normalized spacial score (nSPS) is 12.0. The van der Waals surface area contributed by atoms with Crippen molar-refractivity contribution in [2.24, 2.45) is 28.2 Å². The van der Waals surface area contributed by atoms with Gasteiger partial charge in [0.05, 0.1) is 40.6 Å². The van der Waals surface area contributed by atoms with Crippen LogP contribution in [0.4, 0.5) is 0 Å². The third kappa shape index (κ3) is 18.9. The maximum atomic E-state index is 2.49. The number of fused-ring (bicyclic) bond motifs is 13. The molecule has 21 rings (SSSR count). The van der Waals surface area contributed by atoms with Crippen LogP contribution in [0.5, 0.6) is 0 Å². The molecule has 0 bridgehead atoms. The molecule has 0 radical (unpaired) electrons. The lowest BCUT2D eigenvalue weighted by molar-refractivity contribution is -0.647. The fourth-order valence-electron chi connectivity index (χ4n) is 21.9. The first-order chi connectivity index (χ1) is 65.4. The van der Waals surface area contributed by atoms with Crippen LogP contribution in [0.2, 0.25) is 0 Å². The summed E-state index contributed by atoms with van der Waals surface area (Å²) in [6, 6.07) is 90.5. The van der Waals surface area contributed by atoms with Crippen molar-refractivity contribution in [3.63, 3.8) is 0 Å². The highest BCUT2D eigenvalue weighted by atomic mass is 15.3. The highest BCUT2D eigenvalue weighted by Crippen LogP contribution is 2.45. The fourth-order valence-corrected chi connectivity index (χ4v) is 21.9. The van der Waals surface area contributed by atoms with Gasteiger partial charge in [-0.1, -0.05) is 321 Å². The monoisotopic (exact) mass is 1890 g/mol. The zero-order valence-electron chi connectivity index (χ0n) is 87.8. The standard InChI is InChI=1S/C40H49N2.C25H26N3.2C21H24N3.C17H22N3.4CH4/c1-25(2)30-21-33(26(3)4)39(34(22-30)27(5)6)31-23-35(40(9,10)11)28(7)38(24-31)42-29(8)41(32-17-13-12-14-18-32)36-19-15-16-20-37(36)42;1-17-18(25(2,3)4)11-10-16-19(17)27-22-14-8-9-15-23(22)28-21-13-7-6-12-20(21)26(5)24(27)28;1-15-16(21(2,3)4)9-8-12-17(15)23-13-14-24-19-11-7-6-10-18(19)22(5)20(23)24;1-15-16(21(2,3)4)9-8-12-17(15)24-19-11-7-6-10-18(19)23-14-13-22(5)20(23)24;1-13-14(17(2,3)4)7-6-8-15(13)20-12-11-19-10-9-18(5)16(19)20;;;;/h12-27H,1-11H3;6-16H,1-5H3;2*6-14H,1-5H3;6-12H,1-5H3;4*1H4/q5*+1;;;;. The van der Waals surface area contributed by atoms with E-state index in [1.807, 2.05) is 0 Å². The molecule has 0 amide bonds. The van der Waals surface area contributed by atoms with Crippen LogP contribution < -0.4 is 22.8 Å². The number of aryl methyl sites for hydroxylation is 4. The summed E-state index contributed by atoms with van der Waals surface area (Å²) in [5, 5.41) is 0. The molecule has 0 spiro atoms. The molecule has 12 aromatic carbocycles. The molecule has 738 valence electrons. The number of aromatic nitrogens is 14. The Balaban J connectivity index is 0.000000152. The highest BCUT2D eigenvalue weighted by Gasteiger charge is 2.36. The molecule has 9 heterocycles. The lowest BCUT2D eigenvalue weighted by Gasteiger charge is -2.27. The number of rotatable bonds is 10. The second-order valence-corrected chi connectivity index (χ2v) is 44.4. The van der Waals surface area contributed by atoms with Crippen LogP contribution in [-0.4, -0.2) is 40.4 Å². The molecule has 0 N–H and O–H groups in total. The Morgan fingerprint density at radius 1 is 0.282 bits per heavy atom. The van der Waals surface area contributed by atoms with Gasteiger partial charge in [-0.25, -0.2) is 31.8 Å². The number of hydrogen-bond donors (Lipinski definition) is 0. The lowest BCUT2D eigenvalue weighted by Crippen LogP contribution is -2.35. The maximum absolute atomic E-state index is 2.49. The summed E-state index contributed by atoms with van der Waals surface area (Å²) in [6.45, 7) is 61.9.